The molecule has 0 radical (unpaired) electrons. The summed E-state index contributed by atoms with van der Waals surface area (Å²) in [6.07, 6.45) is 4.78. The number of nitrogens with zero attached hydrogens (tertiary/aromatic N) is 2. The molecule has 1 N–H and O–H groups in total. The maximum absolute atomic E-state index is 13.0. The summed E-state index contributed by atoms with van der Waals surface area (Å²) in [6.45, 7) is 0. The topological polar surface area (TPSA) is 70.0 Å². The van der Waals surface area contributed by atoms with Crippen LogP contribution in [0.4, 0.5) is 0 Å². The van der Waals surface area contributed by atoms with Crippen molar-refractivity contribution in [3.8, 4) is 0 Å². The van der Waals surface area contributed by atoms with Crippen LogP contribution in [0.15, 0.2) is 68.2 Å². The second-order valence-electron chi connectivity index (χ2n) is 7.83. The molecule has 1 saturated carbocycles. The highest BCUT2D eigenvalue weighted by molar-refractivity contribution is 9.10. The number of rotatable bonds is 5. The Morgan fingerprint density at radius 2 is 1.68 bits per heavy atom. The average Bonchev–Trinajstić information content (AvgIpc) is 3.15. The molecule has 1 fully saturated rings. The summed E-state index contributed by atoms with van der Waals surface area (Å²) < 4.78 is 2.00. The number of allylic oxidation sites excluding steroid dienone is 1. The van der Waals surface area contributed by atoms with Crippen LogP contribution in [-0.2, 0) is 9.59 Å². The van der Waals surface area contributed by atoms with Gasteiger partial charge >= 0.3 is 5.97 Å². The van der Waals surface area contributed by atoms with Crippen molar-refractivity contribution < 1.29 is 14.7 Å². The fourth-order valence-corrected chi connectivity index (χ4v) is 4.82. The molecular formula is C24H22Br2N2O3. The molecule has 1 aliphatic carbocycles. The van der Waals surface area contributed by atoms with Crippen molar-refractivity contribution in [3.05, 3.63) is 74.2 Å². The molecule has 0 bridgehead atoms. The van der Waals surface area contributed by atoms with Crippen molar-refractivity contribution in [1.82, 2.24) is 5.01 Å². The number of hydrogen-bond donors (Lipinski definition) is 1. The third kappa shape index (κ3) is 4.99. The first-order chi connectivity index (χ1) is 14.9. The fourth-order valence-electron chi connectivity index (χ4n) is 4.29. The summed E-state index contributed by atoms with van der Waals surface area (Å²) in [4.78, 5) is 24.0. The van der Waals surface area contributed by atoms with Crippen molar-refractivity contribution in [2.24, 2.45) is 11.0 Å². The van der Waals surface area contributed by atoms with E-state index in [1.807, 2.05) is 36.4 Å². The Morgan fingerprint density at radius 1 is 1.03 bits per heavy atom. The molecule has 1 aliphatic heterocycles. The van der Waals surface area contributed by atoms with Gasteiger partial charge in [-0.15, -0.1) is 0 Å². The van der Waals surface area contributed by atoms with Crippen LogP contribution < -0.4 is 0 Å². The van der Waals surface area contributed by atoms with E-state index in [9.17, 15) is 9.59 Å². The van der Waals surface area contributed by atoms with Crippen LogP contribution in [0.1, 0.15) is 49.3 Å². The summed E-state index contributed by atoms with van der Waals surface area (Å²) >= 11 is 6.94. The number of carbonyl (C=O) groups excluding carboxylic acids is 1. The molecule has 2 aromatic rings. The van der Waals surface area contributed by atoms with Crippen LogP contribution in [-0.4, -0.2) is 27.7 Å². The van der Waals surface area contributed by atoms with Crippen molar-refractivity contribution in [2.45, 2.75) is 38.1 Å². The zero-order chi connectivity index (χ0) is 22.0. The van der Waals surface area contributed by atoms with E-state index in [1.54, 1.807) is 0 Å². The van der Waals surface area contributed by atoms with Gasteiger partial charge < -0.3 is 5.11 Å². The lowest BCUT2D eigenvalue weighted by atomic mass is 9.77. The molecule has 2 atom stereocenters. The fraction of sp³-hybridized carbons (Fsp3) is 0.292. The average molecular weight is 546 g/mol. The Kier molecular flexibility index (Phi) is 6.72. The van der Waals surface area contributed by atoms with E-state index in [-0.39, 0.29) is 30.7 Å². The van der Waals surface area contributed by atoms with E-state index >= 15 is 0 Å². The lowest BCUT2D eigenvalue weighted by molar-refractivity contribution is -0.141. The summed E-state index contributed by atoms with van der Waals surface area (Å²) in [5.74, 6) is -1.13. The van der Waals surface area contributed by atoms with Crippen LogP contribution >= 0.6 is 31.9 Å². The standard InChI is InChI=1S/C24H22Br2N2O3/c25-18-8-4-15(5-9-18)14-17-2-1-3-20-23(17)27-28(21(29)12-13-22(30)31)24(20)16-6-10-19(26)11-7-16/h4-11,14,20,24H,1-3,12-13H2,(H,30,31)/b17-14-/t20-,24+/m0/s1. The van der Waals surface area contributed by atoms with Crippen molar-refractivity contribution in [1.29, 1.82) is 0 Å². The number of carboxylic acids is 1. The second kappa shape index (κ2) is 9.49. The summed E-state index contributed by atoms with van der Waals surface area (Å²) in [5.41, 5.74) is 4.21. The Bertz CT molecular complexity index is 1050. The molecule has 1 heterocycles. The zero-order valence-electron chi connectivity index (χ0n) is 16.8. The Labute approximate surface area is 198 Å². The molecule has 2 aromatic carbocycles. The van der Waals surface area contributed by atoms with Gasteiger partial charge in [0.15, 0.2) is 0 Å². The van der Waals surface area contributed by atoms with Gasteiger partial charge in [0.05, 0.1) is 18.2 Å². The number of benzene rings is 2. The number of amides is 1. The Balaban J connectivity index is 1.70. The molecule has 0 aromatic heterocycles. The van der Waals surface area contributed by atoms with Gasteiger partial charge in [0, 0.05) is 21.3 Å². The number of halogens is 2. The SMILES string of the molecule is O=C(O)CCC(=O)N1N=C2/C(=C\c3ccc(Br)cc3)CCC[C@@H]2[C@H]1c1ccc(Br)cc1. The van der Waals surface area contributed by atoms with Gasteiger partial charge in [-0.3, -0.25) is 9.59 Å². The predicted molar refractivity (Wildman–Crippen MR) is 127 cm³/mol. The normalized spacial score (nSPS) is 21.7. The minimum absolute atomic E-state index is 0.0579. The molecule has 7 heteroatoms. The first-order valence-electron chi connectivity index (χ1n) is 10.3. The zero-order valence-corrected chi connectivity index (χ0v) is 20.0. The Hall–Kier alpha value is -2.25. The van der Waals surface area contributed by atoms with Gasteiger partial charge in [0.25, 0.3) is 0 Å². The van der Waals surface area contributed by atoms with Crippen LogP contribution in [0.2, 0.25) is 0 Å². The maximum Gasteiger partial charge on any atom is 0.303 e. The van der Waals surface area contributed by atoms with Crippen LogP contribution in [0.3, 0.4) is 0 Å². The summed E-state index contributed by atoms with van der Waals surface area (Å²) in [6, 6.07) is 15.9. The van der Waals surface area contributed by atoms with Crippen molar-refractivity contribution >= 4 is 55.5 Å². The third-order valence-corrected chi connectivity index (χ3v) is 6.79. The van der Waals surface area contributed by atoms with Crippen LogP contribution in [0.5, 0.6) is 0 Å². The first kappa shape index (κ1) is 22.0. The van der Waals surface area contributed by atoms with E-state index in [0.717, 1.165) is 50.6 Å². The van der Waals surface area contributed by atoms with E-state index in [0.29, 0.717) is 0 Å². The Morgan fingerprint density at radius 3 is 2.32 bits per heavy atom. The molecular weight excluding hydrogens is 524 g/mol. The van der Waals surface area contributed by atoms with Gasteiger partial charge in [-0.25, -0.2) is 5.01 Å². The minimum atomic E-state index is -0.978. The van der Waals surface area contributed by atoms with E-state index in [2.05, 4.69) is 50.1 Å². The molecule has 0 unspecified atom stereocenters. The molecule has 160 valence electrons. The smallest absolute Gasteiger partial charge is 0.303 e. The van der Waals surface area contributed by atoms with Crippen molar-refractivity contribution in [2.75, 3.05) is 0 Å². The molecule has 5 nitrogen and oxygen atoms in total. The van der Waals surface area contributed by atoms with Gasteiger partial charge in [0.2, 0.25) is 5.91 Å². The molecule has 0 spiro atoms. The predicted octanol–water partition coefficient (Wildman–Crippen LogP) is 6.20. The molecule has 4 rings (SSSR count). The van der Waals surface area contributed by atoms with Crippen molar-refractivity contribution in [3.63, 3.8) is 0 Å². The van der Waals surface area contributed by atoms with E-state index < -0.39 is 5.97 Å². The summed E-state index contributed by atoms with van der Waals surface area (Å²) in [7, 11) is 0. The number of fused-ring (bicyclic) bond motifs is 1. The first-order valence-corrected chi connectivity index (χ1v) is 11.9. The second-order valence-corrected chi connectivity index (χ2v) is 9.66. The van der Waals surface area contributed by atoms with Gasteiger partial charge in [-0.1, -0.05) is 56.1 Å². The highest BCUT2D eigenvalue weighted by atomic mass is 79.9. The summed E-state index contributed by atoms with van der Waals surface area (Å²) in [5, 5.41) is 15.3. The van der Waals surface area contributed by atoms with Gasteiger partial charge in [0.1, 0.15) is 0 Å². The highest BCUT2D eigenvalue weighted by Crippen LogP contribution is 2.44. The number of hydrazone groups is 1. The monoisotopic (exact) mass is 544 g/mol. The largest absolute Gasteiger partial charge is 0.481 e. The number of hydrogen-bond acceptors (Lipinski definition) is 3. The highest BCUT2D eigenvalue weighted by Gasteiger charge is 2.43. The third-order valence-electron chi connectivity index (χ3n) is 5.73. The number of aliphatic carboxylic acids is 1. The quantitative estimate of drug-likeness (QED) is 0.486. The molecule has 0 saturated heterocycles. The molecule has 2 aliphatic rings. The lowest BCUT2D eigenvalue weighted by Gasteiger charge is -2.29. The van der Waals surface area contributed by atoms with E-state index in [1.165, 1.54) is 5.01 Å². The van der Waals surface area contributed by atoms with Crippen LogP contribution in [0, 0.1) is 5.92 Å². The lowest BCUT2D eigenvalue weighted by Crippen LogP contribution is -2.32. The number of carboxylic acid groups (broad SMARTS) is 1. The van der Waals surface area contributed by atoms with Gasteiger partial charge in [-0.05, 0) is 66.3 Å². The molecule has 31 heavy (non-hydrogen) atoms. The minimum Gasteiger partial charge on any atom is -0.481 e. The number of carbonyl (C=O) groups is 2. The van der Waals surface area contributed by atoms with Crippen LogP contribution in [0.25, 0.3) is 6.08 Å². The van der Waals surface area contributed by atoms with E-state index in [4.69, 9.17) is 10.2 Å². The van der Waals surface area contributed by atoms with Gasteiger partial charge in [-0.2, -0.15) is 5.10 Å². The maximum atomic E-state index is 13.0. The molecule has 1 amide bonds.